The summed E-state index contributed by atoms with van der Waals surface area (Å²) in [6.07, 6.45) is 2.55. The van der Waals surface area contributed by atoms with Crippen LogP contribution in [0.25, 0.3) is 0 Å². The summed E-state index contributed by atoms with van der Waals surface area (Å²) in [4.78, 5) is 25.2. The molecule has 0 radical (unpaired) electrons. The van der Waals surface area contributed by atoms with Crippen LogP contribution in [0, 0.1) is 11.8 Å². The van der Waals surface area contributed by atoms with Crippen LogP contribution in [0.5, 0.6) is 6.01 Å². The first-order valence-electron chi connectivity index (χ1n) is 10.2. The lowest BCUT2D eigenvalue weighted by Crippen LogP contribution is -2.39. The molecule has 4 rings (SSSR count). The molecule has 8 nitrogen and oxygen atoms in total. The van der Waals surface area contributed by atoms with E-state index in [2.05, 4.69) is 56.3 Å². The predicted molar refractivity (Wildman–Crippen MR) is 116 cm³/mol. The first-order valence-corrected chi connectivity index (χ1v) is 10.2. The third kappa shape index (κ3) is 4.63. The van der Waals surface area contributed by atoms with Gasteiger partial charge in [-0.05, 0) is 44.0 Å². The van der Waals surface area contributed by atoms with E-state index >= 15 is 0 Å². The Labute approximate surface area is 176 Å². The van der Waals surface area contributed by atoms with E-state index in [4.69, 9.17) is 10.5 Å². The number of hydrogen-bond donors (Lipinski definition) is 2. The normalized spacial score (nSPS) is 15.9. The number of nitrogens with two attached hydrogens (primary N) is 1. The number of nitrogens with zero attached hydrogens (tertiary/aromatic N) is 4. The summed E-state index contributed by atoms with van der Waals surface area (Å²) in [6.45, 7) is 5.92. The Morgan fingerprint density at radius 3 is 2.73 bits per heavy atom. The molecule has 1 saturated heterocycles. The van der Waals surface area contributed by atoms with Crippen LogP contribution in [-0.4, -0.2) is 47.0 Å². The summed E-state index contributed by atoms with van der Waals surface area (Å²) in [5.74, 6) is 6.17. The summed E-state index contributed by atoms with van der Waals surface area (Å²) in [5.41, 5.74) is 8.88. The summed E-state index contributed by atoms with van der Waals surface area (Å²) < 4.78 is 5.49. The van der Waals surface area contributed by atoms with Crippen molar-refractivity contribution in [3.63, 3.8) is 0 Å². The van der Waals surface area contributed by atoms with E-state index in [1.165, 1.54) is 18.4 Å². The Balaban J connectivity index is 1.56. The third-order valence-corrected chi connectivity index (χ3v) is 5.22. The SMILES string of the molecule is CC#CCOc1nc(N)c2c(n1)N(Cc1cccc(CN3CCCC3)c1)CC(=O)N2. The van der Waals surface area contributed by atoms with E-state index in [-0.39, 0.29) is 30.9 Å². The minimum absolute atomic E-state index is 0.142. The molecule has 1 aromatic carbocycles. The summed E-state index contributed by atoms with van der Waals surface area (Å²) >= 11 is 0. The number of aromatic nitrogens is 2. The van der Waals surface area contributed by atoms with Crippen molar-refractivity contribution in [2.75, 3.05) is 42.2 Å². The van der Waals surface area contributed by atoms with Crippen molar-refractivity contribution in [1.82, 2.24) is 14.9 Å². The Kier molecular flexibility index (Phi) is 6.00. The summed E-state index contributed by atoms with van der Waals surface area (Å²) in [6, 6.07) is 8.64. The number of carbonyl (C=O) groups is 1. The van der Waals surface area contributed by atoms with Crippen LogP contribution in [0.4, 0.5) is 17.3 Å². The largest absolute Gasteiger partial charge is 0.450 e. The lowest BCUT2D eigenvalue weighted by molar-refractivity contribution is -0.115. The van der Waals surface area contributed by atoms with Crippen molar-refractivity contribution in [1.29, 1.82) is 0 Å². The van der Waals surface area contributed by atoms with Gasteiger partial charge in [0.1, 0.15) is 5.69 Å². The number of anilines is 3. The topological polar surface area (TPSA) is 96.6 Å². The first kappa shape index (κ1) is 20.0. The summed E-state index contributed by atoms with van der Waals surface area (Å²) in [5, 5.41) is 2.78. The fourth-order valence-corrected chi connectivity index (χ4v) is 3.83. The molecular weight excluding hydrogens is 380 g/mol. The number of fused-ring (bicyclic) bond motifs is 1. The number of nitrogen functional groups attached to an aromatic ring is 1. The van der Waals surface area contributed by atoms with E-state index < -0.39 is 0 Å². The van der Waals surface area contributed by atoms with Crippen molar-refractivity contribution in [3.8, 4) is 17.9 Å². The van der Waals surface area contributed by atoms with E-state index in [1.807, 2.05) is 4.90 Å². The Bertz CT molecular complexity index is 991. The molecular formula is C22H26N6O2. The lowest BCUT2D eigenvalue weighted by Gasteiger charge is -2.30. The monoisotopic (exact) mass is 406 g/mol. The number of ether oxygens (including phenoxy) is 1. The highest BCUT2D eigenvalue weighted by molar-refractivity contribution is 6.03. The minimum atomic E-state index is -0.142. The minimum Gasteiger partial charge on any atom is -0.450 e. The zero-order valence-electron chi connectivity index (χ0n) is 17.1. The number of likely N-dealkylation sites (tertiary alicyclic amines) is 1. The van der Waals surface area contributed by atoms with Gasteiger partial charge in [0.15, 0.2) is 18.2 Å². The first-order chi connectivity index (χ1) is 14.6. The van der Waals surface area contributed by atoms with Gasteiger partial charge in [-0.15, -0.1) is 5.92 Å². The molecule has 0 bridgehead atoms. The Morgan fingerprint density at radius 2 is 1.97 bits per heavy atom. The quantitative estimate of drug-likeness (QED) is 0.709. The smallest absolute Gasteiger partial charge is 0.321 e. The van der Waals surface area contributed by atoms with Gasteiger partial charge in [0.25, 0.3) is 0 Å². The molecule has 0 aliphatic carbocycles. The van der Waals surface area contributed by atoms with Crippen molar-refractivity contribution >= 4 is 23.2 Å². The van der Waals surface area contributed by atoms with E-state index in [1.54, 1.807) is 6.92 Å². The van der Waals surface area contributed by atoms with Crippen LogP contribution in [-0.2, 0) is 17.9 Å². The molecule has 2 aromatic rings. The highest BCUT2D eigenvalue weighted by Crippen LogP contribution is 2.34. The second kappa shape index (κ2) is 9.01. The van der Waals surface area contributed by atoms with Gasteiger partial charge in [-0.25, -0.2) is 0 Å². The fraction of sp³-hybridized carbons (Fsp3) is 0.409. The zero-order valence-corrected chi connectivity index (χ0v) is 17.1. The van der Waals surface area contributed by atoms with Crippen molar-refractivity contribution in [3.05, 3.63) is 35.4 Å². The molecule has 0 atom stereocenters. The second-order valence-corrected chi connectivity index (χ2v) is 7.51. The third-order valence-electron chi connectivity index (χ3n) is 5.22. The molecule has 1 aromatic heterocycles. The molecule has 2 aliphatic rings. The van der Waals surface area contributed by atoms with Gasteiger partial charge in [0.05, 0.1) is 6.54 Å². The Hall–Kier alpha value is -3.31. The maximum atomic E-state index is 12.3. The number of nitrogens with one attached hydrogen (secondary N) is 1. The maximum absolute atomic E-state index is 12.3. The molecule has 0 unspecified atom stereocenters. The lowest BCUT2D eigenvalue weighted by atomic mass is 10.1. The van der Waals surface area contributed by atoms with E-state index in [9.17, 15) is 4.79 Å². The van der Waals surface area contributed by atoms with Gasteiger partial charge in [-0.3, -0.25) is 9.69 Å². The number of hydrogen-bond acceptors (Lipinski definition) is 7. The van der Waals surface area contributed by atoms with Gasteiger partial charge in [0, 0.05) is 13.1 Å². The molecule has 30 heavy (non-hydrogen) atoms. The van der Waals surface area contributed by atoms with Crippen LogP contribution in [0.2, 0.25) is 0 Å². The molecule has 0 spiro atoms. The van der Waals surface area contributed by atoms with Crippen molar-refractivity contribution < 1.29 is 9.53 Å². The summed E-state index contributed by atoms with van der Waals surface area (Å²) in [7, 11) is 0. The average molecular weight is 406 g/mol. The number of carbonyl (C=O) groups excluding carboxylic acids is 1. The zero-order chi connectivity index (χ0) is 20.9. The van der Waals surface area contributed by atoms with Crippen LogP contribution >= 0.6 is 0 Å². The van der Waals surface area contributed by atoms with Crippen molar-refractivity contribution in [2.24, 2.45) is 0 Å². The van der Waals surface area contributed by atoms with Crippen LogP contribution in [0.1, 0.15) is 30.9 Å². The average Bonchev–Trinajstić information content (AvgIpc) is 3.22. The molecule has 0 saturated carbocycles. The highest BCUT2D eigenvalue weighted by atomic mass is 16.5. The molecule has 1 amide bonds. The predicted octanol–water partition coefficient (Wildman–Crippen LogP) is 2.02. The molecule has 8 heteroatoms. The molecule has 156 valence electrons. The standard InChI is InChI=1S/C22H26N6O2/c1-2-3-11-30-22-25-20(23)19-21(26-22)28(15-18(29)24-19)14-17-8-6-7-16(12-17)13-27-9-4-5-10-27/h6-8,12H,4-5,9-11,13-15H2,1H3,(H,24,29)(H2,23,25,26). The number of benzene rings is 1. The van der Waals surface area contributed by atoms with Crippen LogP contribution < -0.4 is 20.7 Å². The van der Waals surface area contributed by atoms with Gasteiger partial charge in [0.2, 0.25) is 5.91 Å². The Morgan fingerprint density at radius 1 is 1.20 bits per heavy atom. The second-order valence-electron chi connectivity index (χ2n) is 7.51. The van der Waals surface area contributed by atoms with Gasteiger partial charge >= 0.3 is 6.01 Å². The molecule has 3 N–H and O–H groups in total. The molecule has 1 fully saturated rings. The van der Waals surface area contributed by atoms with Gasteiger partial charge < -0.3 is 20.7 Å². The van der Waals surface area contributed by atoms with Crippen LogP contribution in [0.15, 0.2) is 24.3 Å². The fourth-order valence-electron chi connectivity index (χ4n) is 3.83. The number of rotatable bonds is 6. The van der Waals surface area contributed by atoms with Crippen LogP contribution in [0.3, 0.4) is 0 Å². The molecule has 3 heterocycles. The number of amides is 1. The van der Waals surface area contributed by atoms with E-state index in [0.29, 0.717) is 18.1 Å². The maximum Gasteiger partial charge on any atom is 0.321 e. The van der Waals surface area contributed by atoms with Gasteiger partial charge in [-0.1, -0.05) is 30.2 Å². The molecule has 2 aliphatic heterocycles. The van der Waals surface area contributed by atoms with Gasteiger partial charge in [-0.2, -0.15) is 9.97 Å². The van der Waals surface area contributed by atoms with E-state index in [0.717, 1.165) is 25.2 Å². The van der Waals surface area contributed by atoms with Crippen molar-refractivity contribution in [2.45, 2.75) is 32.9 Å². The highest BCUT2D eigenvalue weighted by Gasteiger charge is 2.27.